The molecular weight excluding hydrogens is 604 g/mol. The van der Waals surface area contributed by atoms with Gasteiger partial charge in [0.1, 0.15) is 18.3 Å². The Kier molecular flexibility index (Phi) is 13.7. The van der Waals surface area contributed by atoms with Gasteiger partial charge in [-0.15, -0.1) is 0 Å². The largest absolute Gasteiger partial charge is 0.388 e. The van der Waals surface area contributed by atoms with Crippen molar-refractivity contribution in [3.05, 3.63) is 0 Å². The highest BCUT2D eigenvalue weighted by Crippen LogP contribution is 2.52. The molecule has 4 aliphatic carbocycles. The Bertz CT molecular complexity index is 849. The van der Waals surface area contributed by atoms with Gasteiger partial charge in [-0.1, -0.05) is 40.5 Å². The minimum Gasteiger partial charge on any atom is -0.388 e. The molecular formula is C41H72O7. The van der Waals surface area contributed by atoms with E-state index in [0.29, 0.717) is 48.5 Å². The molecule has 0 aromatic carbocycles. The van der Waals surface area contributed by atoms with Crippen molar-refractivity contribution in [2.75, 3.05) is 39.6 Å². The minimum absolute atomic E-state index is 0.279. The second kappa shape index (κ2) is 17.5. The lowest BCUT2D eigenvalue weighted by atomic mass is 9.58. The Morgan fingerprint density at radius 2 is 0.771 bits per heavy atom. The summed E-state index contributed by atoms with van der Waals surface area (Å²) < 4.78 is 35.5. The molecule has 2 saturated heterocycles. The van der Waals surface area contributed by atoms with E-state index in [2.05, 4.69) is 27.7 Å². The van der Waals surface area contributed by atoms with Gasteiger partial charge in [0.15, 0.2) is 0 Å². The molecule has 7 nitrogen and oxygen atoms in total. The first kappa shape index (κ1) is 37.5. The van der Waals surface area contributed by atoms with Crippen LogP contribution in [0.5, 0.6) is 0 Å². The fourth-order valence-electron chi connectivity index (χ4n) is 10.7. The number of epoxide rings is 2. The van der Waals surface area contributed by atoms with Crippen molar-refractivity contribution in [2.24, 2.45) is 34.5 Å². The van der Waals surface area contributed by atoms with Crippen molar-refractivity contribution in [1.29, 1.82) is 0 Å². The lowest BCUT2D eigenvalue weighted by Crippen LogP contribution is -2.41. The van der Waals surface area contributed by atoms with Crippen LogP contribution in [0.15, 0.2) is 0 Å². The van der Waals surface area contributed by atoms with Crippen molar-refractivity contribution in [3.8, 4) is 0 Å². The van der Waals surface area contributed by atoms with Crippen LogP contribution in [0.2, 0.25) is 0 Å². The lowest BCUT2D eigenvalue weighted by molar-refractivity contribution is -0.0903. The highest BCUT2D eigenvalue weighted by atomic mass is 16.6. The Labute approximate surface area is 293 Å². The summed E-state index contributed by atoms with van der Waals surface area (Å²) in [5.74, 6) is 3.16. The number of ether oxygens (including phenoxy) is 6. The summed E-state index contributed by atoms with van der Waals surface area (Å²) in [5.41, 5.74) is 0.826. The van der Waals surface area contributed by atoms with Crippen LogP contribution in [0.1, 0.15) is 143 Å². The van der Waals surface area contributed by atoms with Crippen molar-refractivity contribution >= 4 is 0 Å². The molecule has 6 fully saturated rings. The van der Waals surface area contributed by atoms with Crippen molar-refractivity contribution in [2.45, 2.75) is 186 Å². The van der Waals surface area contributed by atoms with Crippen LogP contribution in [0.3, 0.4) is 0 Å². The van der Waals surface area contributed by atoms with E-state index in [1.165, 1.54) is 89.9 Å². The zero-order chi connectivity index (χ0) is 33.6. The average Bonchev–Trinajstić information content (AvgIpc) is 4.08. The van der Waals surface area contributed by atoms with E-state index in [-0.39, 0.29) is 12.2 Å². The molecule has 2 aliphatic heterocycles. The zero-order valence-corrected chi connectivity index (χ0v) is 31.2. The summed E-state index contributed by atoms with van der Waals surface area (Å²) in [6.45, 7) is 14.1. The first-order chi connectivity index (χ1) is 23.3. The zero-order valence-electron chi connectivity index (χ0n) is 31.2. The van der Waals surface area contributed by atoms with E-state index in [4.69, 9.17) is 28.4 Å². The number of aliphatic hydroxyl groups is 1. The van der Waals surface area contributed by atoms with Gasteiger partial charge >= 0.3 is 0 Å². The Hall–Kier alpha value is -0.280. The quantitative estimate of drug-likeness (QED) is 0.146. The van der Waals surface area contributed by atoms with Crippen LogP contribution in [0.25, 0.3) is 0 Å². The van der Waals surface area contributed by atoms with Crippen molar-refractivity contribution in [3.63, 3.8) is 0 Å². The van der Waals surface area contributed by atoms with Crippen LogP contribution < -0.4 is 0 Å². The Morgan fingerprint density at radius 3 is 1.02 bits per heavy atom. The third-order valence-electron chi connectivity index (χ3n) is 14.8. The molecule has 0 radical (unpaired) electrons. The molecule has 4 atom stereocenters. The minimum atomic E-state index is -0.532. The van der Waals surface area contributed by atoms with Gasteiger partial charge in [-0.3, -0.25) is 0 Å². The maximum Gasteiger partial charge on any atom is 0.104 e. The average molecular weight is 677 g/mol. The summed E-state index contributed by atoms with van der Waals surface area (Å²) in [5, 5.41) is 10.8. The van der Waals surface area contributed by atoms with Crippen LogP contribution in [0.4, 0.5) is 0 Å². The fourth-order valence-corrected chi connectivity index (χ4v) is 10.7. The number of aliphatic hydroxyl groups excluding tert-OH is 1. The maximum atomic E-state index is 10.8. The van der Waals surface area contributed by atoms with E-state index in [9.17, 15) is 5.11 Å². The molecule has 48 heavy (non-hydrogen) atoms. The van der Waals surface area contributed by atoms with Gasteiger partial charge in [0.05, 0.1) is 64.1 Å². The second-order valence-electron chi connectivity index (χ2n) is 17.5. The van der Waals surface area contributed by atoms with Gasteiger partial charge in [0.25, 0.3) is 0 Å². The summed E-state index contributed by atoms with van der Waals surface area (Å²) in [4.78, 5) is 0. The molecule has 1 N–H and O–H groups in total. The molecule has 6 rings (SSSR count). The smallest absolute Gasteiger partial charge is 0.104 e. The topological polar surface area (TPSA) is 82.2 Å². The summed E-state index contributed by atoms with van der Waals surface area (Å²) >= 11 is 0. The Morgan fingerprint density at radius 1 is 0.500 bits per heavy atom. The monoisotopic (exact) mass is 677 g/mol. The summed E-state index contributed by atoms with van der Waals surface area (Å²) in [6, 6.07) is 0. The van der Waals surface area contributed by atoms with Crippen LogP contribution in [0, 0.1) is 34.5 Å². The number of hydrogen-bond donors (Lipinski definition) is 1. The molecule has 0 spiro atoms. The van der Waals surface area contributed by atoms with Crippen molar-refractivity contribution in [1.82, 2.24) is 0 Å². The van der Waals surface area contributed by atoms with Gasteiger partial charge in [-0.25, -0.2) is 0 Å². The third-order valence-corrected chi connectivity index (χ3v) is 14.8. The van der Waals surface area contributed by atoms with Gasteiger partial charge in [0.2, 0.25) is 0 Å². The first-order valence-electron chi connectivity index (χ1n) is 20.7. The van der Waals surface area contributed by atoms with E-state index in [1.807, 2.05) is 0 Å². The maximum absolute atomic E-state index is 10.8. The second-order valence-corrected chi connectivity index (χ2v) is 17.5. The van der Waals surface area contributed by atoms with Gasteiger partial charge in [-0.05, 0) is 137 Å². The molecule has 0 aromatic rings. The molecule has 0 bridgehead atoms. The van der Waals surface area contributed by atoms with Gasteiger partial charge < -0.3 is 33.5 Å². The molecule has 6 aliphatic rings. The summed E-state index contributed by atoms with van der Waals surface area (Å²) in [6.07, 6.45) is 23.7. The molecule has 2 heterocycles. The molecule has 4 unspecified atom stereocenters. The van der Waals surface area contributed by atoms with Gasteiger partial charge in [0, 0.05) is 0 Å². The summed E-state index contributed by atoms with van der Waals surface area (Å²) in [7, 11) is 0. The predicted octanol–water partition coefficient (Wildman–Crippen LogP) is 8.28. The molecule has 7 heteroatoms. The number of rotatable bonds is 18. The van der Waals surface area contributed by atoms with Crippen LogP contribution in [-0.2, 0) is 28.4 Å². The fraction of sp³-hybridized carbons (Fsp3) is 1.00. The van der Waals surface area contributed by atoms with E-state index in [0.717, 1.165) is 75.8 Å². The van der Waals surface area contributed by atoms with Crippen LogP contribution >= 0.6 is 0 Å². The first-order valence-corrected chi connectivity index (χ1v) is 20.7. The highest BCUT2D eigenvalue weighted by Gasteiger charge is 2.44. The van der Waals surface area contributed by atoms with Crippen LogP contribution in [-0.4, -0.2) is 87.5 Å². The highest BCUT2D eigenvalue weighted by molar-refractivity contribution is 4.94. The van der Waals surface area contributed by atoms with Gasteiger partial charge in [-0.2, -0.15) is 0 Å². The molecule has 0 amide bonds. The SMILES string of the molecule is CCC(C)(C1CCC(OCC(O)COC2CCC(C(C)(CC)C3CCC(OCC4CO4)CC3)CC2)CC1)C1CCC(OCC2CO2)CC1. The predicted molar refractivity (Wildman–Crippen MR) is 189 cm³/mol. The lowest BCUT2D eigenvalue weighted by Gasteiger charge is -2.48. The molecule has 0 aromatic heterocycles. The molecule has 4 saturated carbocycles. The normalized spacial score (nSPS) is 40.4. The van der Waals surface area contributed by atoms with E-state index in [1.54, 1.807) is 0 Å². The molecule has 278 valence electrons. The standard InChI is InChI=1S/C41H72O7/c1-5-40(3,31-11-19-36(20-12-31)45-25-38-27-47-38)29-7-15-34(16-8-29)43-23-33(42)24-44-35-17-9-30(10-18-35)41(4,6-2)32-13-21-37(22-14-32)46-26-39-28-48-39/h29-39,42H,5-28H2,1-4H3. The third kappa shape index (κ3) is 9.98. The van der Waals surface area contributed by atoms with E-state index >= 15 is 0 Å². The Balaban J connectivity index is 0.837. The van der Waals surface area contributed by atoms with E-state index < -0.39 is 6.10 Å². The van der Waals surface area contributed by atoms with Crippen molar-refractivity contribution < 1.29 is 33.5 Å². The number of hydrogen-bond acceptors (Lipinski definition) is 7.